The van der Waals surface area contributed by atoms with Gasteiger partial charge in [-0.2, -0.15) is 0 Å². The van der Waals surface area contributed by atoms with E-state index in [1.54, 1.807) is 18.2 Å². The van der Waals surface area contributed by atoms with Crippen molar-refractivity contribution in [1.29, 1.82) is 0 Å². The second kappa shape index (κ2) is 8.25. The van der Waals surface area contributed by atoms with E-state index in [1.165, 1.54) is 5.56 Å². The van der Waals surface area contributed by atoms with E-state index >= 15 is 0 Å². The highest BCUT2D eigenvalue weighted by atomic mass is 16.3. The maximum absolute atomic E-state index is 13.0. The zero-order chi connectivity index (χ0) is 21.1. The summed E-state index contributed by atoms with van der Waals surface area (Å²) in [5.41, 5.74) is 4.31. The number of fused-ring (bicyclic) bond motifs is 1. The summed E-state index contributed by atoms with van der Waals surface area (Å²) in [4.78, 5) is 25.8. The quantitative estimate of drug-likeness (QED) is 0.446. The number of furan rings is 1. The largest absolute Gasteiger partial charge is 0.449 e. The normalized spacial score (nSPS) is 10.7. The molecule has 0 aliphatic carbocycles. The van der Waals surface area contributed by atoms with Gasteiger partial charge in [-0.1, -0.05) is 48.9 Å². The van der Waals surface area contributed by atoms with Crippen molar-refractivity contribution < 1.29 is 14.0 Å². The van der Waals surface area contributed by atoms with Crippen LogP contribution in [0.4, 0.5) is 11.4 Å². The number of carbonyl (C=O) groups is 2. The first-order chi connectivity index (χ1) is 14.5. The number of carbonyl (C=O) groups excluding carboxylic acids is 2. The van der Waals surface area contributed by atoms with Gasteiger partial charge in [0, 0.05) is 16.6 Å². The van der Waals surface area contributed by atoms with Crippen molar-refractivity contribution in [2.75, 3.05) is 10.6 Å². The minimum absolute atomic E-state index is 0.0660. The Bertz CT molecular complexity index is 1210. The third kappa shape index (κ3) is 3.96. The lowest BCUT2D eigenvalue weighted by atomic mass is 10.1. The summed E-state index contributed by atoms with van der Waals surface area (Å²) in [6, 6.07) is 22.1. The summed E-state index contributed by atoms with van der Waals surface area (Å²) in [6.45, 7) is 4.03. The fourth-order valence-corrected chi connectivity index (χ4v) is 3.23. The Morgan fingerprint density at radius 2 is 1.53 bits per heavy atom. The molecule has 2 amide bonds. The van der Waals surface area contributed by atoms with Crippen molar-refractivity contribution in [2.24, 2.45) is 0 Å². The summed E-state index contributed by atoms with van der Waals surface area (Å²) >= 11 is 0. The molecule has 0 aliphatic rings. The van der Waals surface area contributed by atoms with E-state index < -0.39 is 5.91 Å². The van der Waals surface area contributed by atoms with Crippen LogP contribution in [-0.4, -0.2) is 11.8 Å². The van der Waals surface area contributed by atoms with E-state index in [0.29, 0.717) is 27.9 Å². The summed E-state index contributed by atoms with van der Waals surface area (Å²) in [7, 11) is 0. The zero-order valence-corrected chi connectivity index (χ0v) is 16.9. The number of benzene rings is 3. The zero-order valence-electron chi connectivity index (χ0n) is 16.9. The first-order valence-corrected chi connectivity index (χ1v) is 9.85. The average Bonchev–Trinajstić information content (AvgIpc) is 3.13. The topological polar surface area (TPSA) is 71.3 Å². The van der Waals surface area contributed by atoms with E-state index in [4.69, 9.17) is 4.42 Å². The molecule has 1 aromatic heterocycles. The lowest BCUT2D eigenvalue weighted by molar-refractivity contribution is 0.0999. The Balaban J connectivity index is 1.66. The fourth-order valence-electron chi connectivity index (χ4n) is 3.23. The predicted octanol–water partition coefficient (Wildman–Crippen LogP) is 5.81. The van der Waals surface area contributed by atoms with E-state index in [9.17, 15) is 9.59 Å². The highest BCUT2D eigenvalue weighted by Crippen LogP contribution is 2.32. The van der Waals surface area contributed by atoms with Gasteiger partial charge in [-0.05, 0) is 55.3 Å². The average molecular weight is 398 g/mol. The van der Waals surface area contributed by atoms with Crippen LogP contribution < -0.4 is 10.6 Å². The first-order valence-electron chi connectivity index (χ1n) is 9.85. The van der Waals surface area contributed by atoms with Crippen molar-refractivity contribution >= 4 is 34.2 Å². The molecule has 0 aliphatic heterocycles. The van der Waals surface area contributed by atoms with Crippen LogP contribution in [0, 0.1) is 6.92 Å². The number of nitrogens with one attached hydrogen (secondary N) is 2. The van der Waals surface area contributed by atoms with Gasteiger partial charge in [0.2, 0.25) is 5.76 Å². The van der Waals surface area contributed by atoms with E-state index in [1.807, 2.05) is 61.5 Å². The van der Waals surface area contributed by atoms with Crippen molar-refractivity contribution in [1.82, 2.24) is 0 Å². The molecular formula is C25H22N2O3. The smallest absolute Gasteiger partial charge is 0.293 e. The lowest BCUT2D eigenvalue weighted by Crippen LogP contribution is -2.17. The van der Waals surface area contributed by atoms with Crippen LogP contribution in [0.5, 0.6) is 0 Å². The predicted molar refractivity (Wildman–Crippen MR) is 119 cm³/mol. The molecule has 5 nitrogen and oxygen atoms in total. The Kier molecular flexibility index (Phi) is 5.35. The Morgan fingerprint density at radius 1 is 0.833 bits per heavy atom. The van der Waals surface area contributed by atoms with Crippen LogP contribution in [0.1, 0.15) is 39.0 Å². The Labute approximate surface area is 174 Å². The standard InChI is InChI=1S/C25H22N2O3/c1-3-17-10-14-19(15-11-17)26-25(29)23-22(20-6-4-5-7-21(20)30-23)27-24(28)18-12-8-16(2)9-13-18/h4-15H,3H2,1-2H3,(H,26,29)(H,27,28). The van der Waals surface area contributed by atoms with Gasteiger partial charge in [-0.25, -0.2) is 0 Å². The van der Waals surface area contributed by atoms with Crippen LogP contribution in [0.15, 0.2) is 77.2 Å². The van der Waals surface area contributed by atoms with Gasteiger partial charge in [0.25, 0.3) is 11.8 Å². The molecule has 0 atom stereocenters. The van der Waals surface area contributed by atoms with Gasteiger partial charge in [-0.3, -0.25) is 9.59 Å². The Morgan fingerprint density at radius 3 is 2.23 bits per heavy atom. The van der Waals surface area contributed by atoms with E-state index in [2.05, 4.69) is 17.6 Å². The number of aryl methyl sites for hydroxylation is 2. The molecule has 0 fully saturated rings. The van der Waals surface area contributed by atoms with Gasteiger partial charge in [0.05, 0.1) is 0 Å². The molecule has 4 rings (SSSR count). The molecule has 2 N–H and O–H groups in total. The molecule has 150 valence electrons. The lowest BCUT2D eigenvalue weighted by Gasteiger charge is -2.08. The summed E-state index contributed by atoms with van der Waals surface area (Å²) < 4.78 is 5.81. The molecule has 0 unspecified atom stereocenters. The maximum atomic E-state index is 13.0. The van der Waals surface area contributed by atoms with E-state index in [-0.39, 0.29) is 11.7 Å². The fraction of sp³-hybridized carbons (Fsp3) is 0.120. The van der Waals surface area contributed by atoms with Crippen molar-refractivity contribution in [2.45, 2.75) is 20.3 Å². The highest BCUT2D eigenvalue weighted by molar-refractivity contribution is 6.16. The first kappa shape index (κ1) is 19.5. The molecule has 0 saturated heterocycles. The third-order valence-electron chi connectivity index (χ3n) is 4.97. The molecule has 30 heavy (non-hydrogen) atoms. The van der Waals surface area contributed by atoms with Gasteiger partial charge >= 0.3 is 0 Å². The van der Waals surface area contributed by atoms with Crippen molar-refractivity contribution in [3.05, 3.63) is 95.2 Å². The number of amides is 2. The maximum Gasteiger partial charge on any atom is 0.293 e. The molecule has 5 heteroatoms. The second-order valence-electron chi connectivity index (χ2n) is 7.13. The number of rotatable bonds is 5. The van der Waals surface area contributed by atoms with Gasteiger partial charge < -0.3 is 15.1 Å². The molecule has 0 bridgehead atoms. The van der Waals surface area contributed by atoms with Crippen LogP contribution in [0.2, 0.25) is 0 Å². The van der Waals surface area contributed by atoms with Crippen LogP contribution in [0.3, 0.4) is 0 Å². The number of anilines is 2. The molecule has 1 heterocycles. The van der Waals surface area contributed by atoms with Crippen LogP contribution in [-0.2, 0) is 6.42 Å². The van der Waals surface area contributed by atoms with Gasteiger partial charge in [0.15, 0.2) is 0 Å². The Hall–Kier alpha value is -3.86. The summed E-state index contributed by atoms with van der Waals surface area (Å²) in [6.07, 6.45) is 0.924. The molecule has 0 radical (unpaired) electrons. The van der Waals surface area contributed by atoms with Crippen molar-refractivity contribution in [3.8, 4) is 0 Å². The molecular weight excluding hydrogens is 376 g/mol. The summed E-state index contributed by atoms with van der Waals surface area (Å²) in [5, 5.41) is 6.38. The minimum atomic E-state index is -0.422. The van der Waals surface area contributed by atoms with Gasteiger partial charge in [-0.15, -0.1) is 0 Å². The van der Waals surface area contributed by atoms with Gasteiger partial charge in [0.1, 0.15) is 11.3 Å². The number of para-hydroxylation sites is 1. The monoisotopic (exact) mass is 398 g/mol. The van der Waals surface area contributed by atoms with Crippen LogP contribution in [0.25, 0.3) is 11.0 Å². The number of hydrogen-bond donors (Lipinski definition) is 2. The third-order valence-corrected chi connectivity index (χ3v) is 4.97. The molecule has 0 saturated carbocycles. The van der Waals surface area contributed by atoms with Crippen molar-refractivity contribution in [3.63, 3.8) is 0 Å². The summed E-state index contributed by atoms with van der Waals surface area (Å²) in [5.74, 6) is -0.659. The number of hydrogen-bond acceptors (Lipinski definition) is 3. The minimum Gasteiger partial charge on any atom is -0.449 e. The molecule has 3 aromatic carbocycles. The molecule has 0 spiro atoms. The second-order valence-corrected chi connectivity index (χ2v) is 7.13. The van der Waals surface area contributed by atoms with E-state index in [0.717, 1.165) is 12.0 Å². The SMILES string of the molecule is CCc1ccc(NC(=O)c2oc3ccccc3c2NC(=O)c2ccc(C)cc2)cc1. The van der Waals surface area contributed by atoms with Crippen LogP contribution >= 0.6 is 0 Å². The molecule has 4 aromatic rings. The highest BCUT2D eigenvalue weighted by Gasteiger charge is 2.23.